The van der Waals surface area contributed by atoms with E-state index < -0.39 is 9.84 Å². The highest BCUT2D eigenvalue weighted by atomic mass is 35.5. The molecule has 0 atom stereocenters. The largest absolute Gasteiger partial charge is 0.482 e. The van der Waals surface area contributed by atoms with E-state index in [-0.39, 0.29) is 28.6 Å². The van der Waals surface area contributed by atoms with Crippen molar-refractivity contribution in [2.45, 2.75) is 17.4 Å². The summed E-state index contributed by atoms with van der Waals surface area (Å²) in [6.07, 6.45) is 2.35. The Labute approximate surface area is 127 Å². The molecule has 0 spiro atoms. The summed E-state index contributed by atoms with van der Waals surface area (Å²) in [5.41, 5.74) is 0.424. The van der Waals surface area contributed by atoms with Gasteiger partial charge in [0.2, 0.25) is 11.2 Å². The fourth-order valence-electron chi connectivity index (χ4n) is 1.61. The van der Waals surface area contributed by atoms with Crippen LogP contribution < -0.4 is 10.2 Å². The lowest BCUT2D eigenvalue weighted by molar-refractivity contribution is 0.290. The number of alkyl halides is 1. The Morgan fingerprint density at radius 1 is 1.24 bits per heavy atom. The molecule has 1 aromatic carbocycles. The van der Waals surface area contributed by atoms with Crippen molar-refractivity contribution in [1.82, 2.24) is 0 Å². The van der Waals surface area contributed by atoms with Crippen LogP contribution in [0.5, 0.6) is 5.75 Å². The molecule has 0 saturated heterocycles. The van der Waals surface area contributed by atoms with E-state index in [4.69, 9.17) is 20.8 Å². The zero-order valence-corrected chi connectivity index (χ0v) is 12.8. The summed E-state index contributed by atoms with van der Waals surface area (Å²) in [5, 5.41) is 0. The van der Waals surface area contributed by atoms with Gasteiger partial charge in [-0.3, -0.25) is 4.79 Å². The molecule has 7 heteroatoms. The van der Waals surface area contributed by atoms with Crippen molar-refractivity contribution in [1.29, 1.82) is 0 Å². The standard InChI is InChI=1S/C14H13ClO5S/c1-21(17,18)12-4-2-10(3-5-12)8-20-14-9-19-11(7-15)6-13(14)16/h2-6,9H,7-8H2,1H3. The van der Waals surface area contributed by atoms with Gasteiger partial charge in [0.05, 0.1) is 10.8 Å². The smallest absolute Gasteiger partial charge is 0.227 e. The molecule has 112 valence electrons. The zero-order chi connectivity index (χ0) is 15.5. The minimum atomic E-state index is -3.22. The molecule has 0 amide bonds. The van der Waals surface area contributed by atoms with Gasteiger partial charge in [-0.1, -0.05) is 12.1 Å². The van der Waals surface area contributed by atoms with E-state index in [1.54, 1.807) is 12.1 Å². The SMILES string of the molecule is CS(=O)(=O)c1ccc(COc2coc(CCl)cc2=O)cc1. The third-order valence-electron chi connectivity index (χ3n) is 2.73. The second kappa shape index (κ2) is 6.32. The van der Waals surface area contributed by atoms with Crippen LogP contribution in [-0.4, -0.2) is 14.7 Å². The molecular weight excluding hydrogens is 316 g/mol. The van der Waals surface area contributed by atoms with Crippen molar-refractivity contribution >= 4 is 21.4 Å². The molecule has 0 N–H and O–H groups in total. The average molecular weight is 329 g/mol. The minimum absolute atomic E-state index is 0.0797. The Kier molecular flexibility index (Phi) is 4.69. The molecule has 5 nitrogen and oxygen atoms in total. The van der Waals surface area contributed by atoms with E-state index in [0.29, 0.717) is 5.76 Å². The topological polar surface area (TPSA) is 73.6 Å². The first-order chi connectivity index (χ1) is 9.90. The number of halogens is 1. The van der Waals surface area contributed by atoms with E-state index in [0.717, 1.165) is 11.8 Å². The second-order valence-corrected chi connectivity index (χ2v) is 6.70. The van der Waals surface area contributed by atoms with E-state index in [2.05, 4.69) is 0 Å². The highest BCUT2D eigenvalue weighted by Crippen LogP contribution is 2.13. The lowest BCUT2D eigenvalue weighted by Crippen LogP contribution is -2.07. The second-order valence-electron chi connectivity index (χ2n) is 4.41. The maximum absolute atomic E-state index is 11.7. The fraction of sp³-hybridized carbons (Fsp3) is 0.214. The summed E-state index contributed by atoms with van der Waals surface area (Å²) in [7, 11) is -3.22. The van der Waals surface area contributed by atoms with Crippen LogP contribution in [0.25, 0.3) is 0 Å². The normalized spacial score (nSPS) is 11.3. The van der Waals surface area contributed by atoms with E-state index in [9.17, 15) is 13.2 Å². The van der Waals surface area contributed by atoms with Crippen LogP contribution in [0.2, 0.25) is 0 Å². The average Bonchev–Trinajstić information content (AvgIpc) is 2.45. The maximum atomic E-state index is 11.7. The number of ether oxygens (including phenoxy) is 1. The quantitative estimate of drug-likeness (QED) is 0.788. The fourth-order valence-corrected chi connectivity index (χ4v) is 2.38. The van der Waals surface area contributed by atoms with Crippen molar-refractivity contribution in [3.05, 3.63) is 58.1 Å². The van der Waals surface area contributed by atoms with Crippen molar-refractivity contribution < 1.29 is 17.6 Å². The van der Waals surface area contributed by atoms with Crippen LogP contribution in [0.3, 0.4) is 0 Å². The Morgan fingerprint density at radius 2 is 1.90 bits per heavy atom. The number of hydrogen-bond donors (Lipinski definition) is 0. The first-order valence-corrected chi connectivity index (χ1v) is 8.42. The molecule has 0 bridgehead atoms. The summed E-state index contributed by atoms with van der Waals surface area (Å²) < 4.78 is 33.1. The van der Waals surface area contributed by atoms with Crippen molar-refractivity contribution in [2.24, 2.45) is 0 Å². The van der Waals surface area contributed by atoms with Crippen molar-refractivity contribution in [3.63, 3.8) is 0 Å². The highest BCUT2D eigenvalue weighted by Gasteiger charge is 2.07. The lowest BCUT2D eigenvalue weighted by Gasteiger charge is -2.06. The minimum Gasteiger partial charge on any atom is -0.482 e. The van der Waals surface area contributed by atoms with Crippen molar-refractivity contribution in [2.75, 3.05) is 6.26 Å². The van der Waals surface area contributed by atoms with Gasteiger partial charge in [-0.2, -0.15) is 0 Å². The number of rotatable bonds is 5. The molecule has 0 aliphatic rings. The molecule has 0 aliphatic heterocycles. The Morgan fingerprint density at radius 3 is 2.43 bits per heavy atom. The molecule has 1 heterocycles. The van der Waals surface area contributed by atoms with Gasteiger partial charge < -0.3 is 9.15 Å². The molecule has 0 radical (unpaired) electrons. The molecular formula is C14H13ClO5S. The first kappa shape index (κ1) is 15.6. The van der Waals surface area contributed by atoms with Gasteiger partial charge in [0.1, 0.15) is 18.6 Å². The molecule has 2 aromatic rings. The van der Waals surface area contributed by atoms with Crippen LogP contribution in [0.1, 0.15) is 11.3 Å². The Bertz CT molecular complexity index is 778. The van der Waals surface area contributed by atoms with Gasteiger partial charge in [-0.05, 0) is 17.7 Å². The van der Waals surface area contributed by atoms with E-state index >= 15 is 0 Å². The zero-order valence-electron chi connectivity index (χ0n) is 11.2. The molecule has 21 heavy (non-hydrogen) atoms. The monoisotopic (exact) mass is 328 g/mol. The van der Waals surface area contributed by atoms with Gasteiger partial charge >= 0.3 is 0 Å². The van der Waals surface area contributed by atoms with Crippen LogP contribution in [0.4, 0.5) is 0 Å². The summed E-state index contributed by atoms with van der Waals surface area (Å²) in [6.45, 7) is 0.134. The third-order valence-corrected chi connectivity index (χ3v) is 4.12. The van der Waals surface area contributed by atoms with Gasteiger partial charge in [0, 0.05) is 12.3 Å². The molecule has 2 rings (SSSR count). The summed E-state index contributed by atoms with van der Waals surface area (Å²) in [6, 6.07) is 7.52. The first-order valence-electron chi connectivity index (χ1n) is 5.99. The van der Waals surface area contributed by atoms with Gasteiger partial charge in [0.15, 0.2) is 9.84 Å². The summed E-state index contributed by atoms with van der Waals surface area (Å²) in [5.74, 6) is 0.560. The summed E-state index contributed by atoms with van der Waals surface area (Å²) >= 11 is 5.55. The van der Waals surface area contributed by atoms with Gasteiger partial charge in [0.25, 0.3) is 0 Å². The number of benzene rings is 1. The lowest BCUT2D eigenvalue weighted by atomic mass is 10.2. The van der Waals surface area contributed by atoms with Gasteiger partial charge in [-0.25, -0.2) is 8.42 Å². The Balaban J connectivity index is 2.08. The molecule has 0 unspecified atom stereocenters. The van der Waals surface area contributed by atoms with E-state index in [1.165, 1.54) is 24.5 Å². The highest BCUT2D eigenvalue weighted by molar-refractivity contribution is 7.90. The third kappa shape index (κ3) is 4.09. The predicted octanol–water partition coefficient (Wildman–Crippen LogP) is 2.36. The van der Waals surface area contributed by atoms with Crippen molar-refractivity contribution in [3.8, 4) is 5.75 Å². The Hall–Kier alpha value is -1.79. The van der Waals surface area contributed by atoms with Crippen LogP contribution in [-0.2, 0) is 22.3 Å². The van der Waals surface area contributed by atoms with Crippen LogP contribution >= 0.6 is 11.6 Å². The van der Waals surface area contributed by atoms with Gasteiger partial charge in [-0.15, -0.1) is 11.6 Å². The molecule has 0 saturated carbocycles. The predicted molar refractivity (Wildman–Crippen MR) is 78.4 cm³/mol. The molecule has 1 aromatic heterocycles. The molecule has 0 aliphatic carbocycles. The maximum Gasteiger partial charge on any atom is 0.227 e. The summed E-state index contributed by atoms with van der Waals surface area (Å²) in [4.78, 5) is 11.9. The van der Waals surface area contributed by atoms with Crippen LogP contribution in [0.15, 0.2) is 50.7 Å². The van der Waals surface area contributed by atoms with Crippen LogP contribution in [0, 0.1) is 0 Å². The number of hydrogen-bond acceptors (Lipinski definition) is 5. The van der Waals surface area contributed by atoms with E-state index in [1.807, 2.05) is 0 Å². The number of sulfone groups is 1. The molecule has 0 fully saturated rings.